The van der Waals surface area contributed by atoms with Crippen molar-refractivity contribution in [1.82, 2.24) is 5.32 Å². The van der Waals surface area contributed by atoms with Crippen LogP contribution in [0.3, 0.4) is 0 Å². The van der Waals surface area contributed by atoms with Crippen LogP contribution in [0.4, 0.5) is 0 Å². The molecule has 0 bridgehead atoms. The molecule has 0 amide bonds. The van der Waals surface area contributed by atoms with E-state index in [1.165, 1.54) is 30.5 Å². The predicted octanol–water partition coefficient (Wildman–Crippen LogP) is 3.76. The predicted molar refractivity (Wildman–Crippen MR) is 74.7 cm³/mol. The second-order valence-corrected chi connectivity index (χ2v) is 6.36. The molecule has 1 aromatic rings. The maximum Gasteiger partial charge on any atom is 0.00202 e. The highest BCUT2D eigenvalue weighted by Crippen LogP contribution is 2.30. The van der Waals surface area contributed by atoms with E-state index in [-0.39, 0.29) is 5.41 Å². The summed E-state index contributed by atoms with van der Waals surface area (Å²) in [5, 5.41) is 3.52. The van der Waals surface area contributed by atoms with Crippen LogP contribution in [-0.4, -0.2) is 13.1 Å². The lowest BCUT2D eigenvalue weighted by Gasteiger charge is -2.27. The van der Waals surface area contributed by atoms with Crippen LogP contribution in [0.25, 0.3) is 0 Å². The van der Waals surface area contributed by atoms with Crippen molar-refractivity contribution in [2.45, 2.75) is 51.9 Å². The highest BCUT2D eigenvalue weighted by Gasteiger charge is 2.20. The highest BCUT2D eigenvalue weighted by molar-refractivity contribution is 5.37. The fraction of sp³-hybridized carbons (Fsp3) is 0.625. The second kappa shape index (κ2) is 4.81. The molecule has 2 rings (SSSR count). The first-order chi connectivity index (χ1) is 7.98. The summed E-state index contributed by atoms with van der Waals surface area (Å²) >= 11 is 0. The Morgan fingerprint density at radius 1 is 1.24 bits per heavy atom. The molecule has 1 fully saturated rings. The highest BCUT2D eigenvalue weighted by atomic mass is 14.9. The van der Waals surface area contributed by atoms with E-state index in [9.17, 15) is 0 Å². The minimum atomic E-state index is 0.255. The Morgan fingerprint density at radius 2 is 2.00 bits per heavy atom. The van der Waals surface area contributed by atoms with Crippen LogP contribution in [-0.2, 0) is 5.41 Å². The molecule has 0 radical (unpaired) electrons. The Hall–Kier alpha value is -0.820. The van der Waals surface area contributed by atoms with Crippen molar-refractivity contribution in [3.8, 4) is 0 Å². The maximum absolute atomic E-state index is 3.52. The molecule has 1 heterocycles. The van der Waals surface area contributed by atoms with Crippen LogP contribution < -0.4 is 5.32 Å². The normalized spacial score (nSPS) is 21.5. The quantitative estimate of drug-likeness (QED) is 0.776. The fourth-order valence-electron chi connectivity index (χ4n) is 2.66. The molecule has 1 aliphatic rings. The Morgan fingerprint density at radius 3 is 2.59 bits per heavy atom. The fourth-order valence-corrected chi connectivity index (χ4v) is 2.66. The molecule has 1 N–H and O–H groups in total. The Kier molecular flexibility index (Phi) is 3.58. The topological polar surface area (TPSA) is 12.0 Å². The van der Waals surface area contributed by atoms with Gasteiger partial charge in [0.05, 0.1) is 0 Å². The molecular weight excluding hydrogens is 206 g/mol. The van der Waals surface area contributed by atoms with E-state index in [2.05, 4.69) is 51.2 Å². The Balaban J connectivity index is 2.31. The molecule has 1 unspecified atom stereocenters. The zero-order valence-electron chi connectivity index (χ0n) is 11.6. The summed E-state index contributed by atoms with van der Waals surface area (Å²) in [7, 11) is 0. The number of rotatable bonds is 1. The minimum absolute atomic E-state index is 0.255. The number of hydrogen-bond donors (Lipinski definition) is 1. The third-order valence-corrected chi connectivity index (χ3v) is 3.88. The molecule has 1 saturated heterocycles. The molecule has 1 aromatic carbocycles. The van der Waals surface area contributed by atoms with Crippen LogP contribution in [0.5, 0.6) is 0 Å². The number of hydrogen-bond acceptors (Lipinski definition) is 1. The van der Waals surface area contributed by atoms with E-state index < -0.39 is 0 Å². The molecule has 1 heteroatoms. The van der Waals surface area contributed by atoms with Crippen molar-refractivity contribution < 1.29 is 0 Å². The second-order valence-electron chi connectivity index (χ2n) is 6.36. The molecule has 0 saturated carbocycles. The largest absolute Gasteiger partial charge is 0.316 e. The van der Waals surface area contributed by atoms with Gasteiger partial charge in [0, 0.05) is 6.54 Å². The van der Waals surface area contributed by atoms with Crippen molar-refractivity contribution in [3.63, 3.8) is 0 Å². The summed E-state index contributed by atoms with van der Waals surface area (Å²) in [6, 6.07) is 7.02. The maximum atomic E-state index is 3.52. The smallest absolute Gasteiger partial charge is 0.00202 e. The van der Waals surface area contributed by atoms with Crippen molar-refractivity contribution >= 4 is 0 Å². The minimum Gasteiger partial charge on any atom is -0.316 e. The van der Waals surface area contributed by atoms with Crippen molar-refractivity contribution in [1.29, 1.82) is 0 Å². The summed E-state index contributed by atoms with van der Waals surface area (Å²) < 4.78 is 0. The molecule has 1 nitrogen and oxygen atoms in total. The lowest BCUT2D eigenvalue weighted by Crippen LogP contribution is -2.29. The van der Waals surface area contributed by atoms with Gasteiger partial charge >= 0.3 is 0 Å². The molecule has 17 heavy (non-hydrogen) atoms. The number of benzene rings is 1. The van der Waals surface area contributed by atoms with E-state index in [1.54, 1.807) is 5.56 Å². The van der Waals surface area contributed by atoms with Crippen molar-refractivity contribution in [2.24, 2.45) is 0 Å². The van der Waals surface area contributed by atoms with E-state index in [4.69, 9.17) is 0 Å². The molecule has 1 aliphatic heterocycles. The zero-order chi connectivity index (χ0) is 12.5. The summed E-state index contributed by atoms with van der Waals surface area (Å²) in [5.41, 5.74) is 4.73. The monoisotopic (exact) mass is 231 g/mol. The molecular formula is C16H25N. The van der Waals surface area contributed by atoms with E-state index >= 15 is 0 Å². The lowest BCUT2D eigenvalue weighted by atomic mass is 9.81. The average molecular weight is 231 g/mol. The van der Waals surface area contributed by atoms with Crippen LogP contribution in [0.2, 0.25) is 0 Å². The van der Waals surface area contributed by atoms with Crippen LogP contribution in [0, 0.1) is 6.92 Å². The van der Waals surface area contributed by atoms with Gasteiger partial charge in [-0.2, -0.15) is 0 Å². The van der Waals surface area contributed by atoms with Crippen molar-refractivity contribution in [2.75, 3.05) is 13.1 Å². The first-order valence-corrected chi connectivity index (χ1v) is 6.80. The molecule has 0 aliphatic carbocycles. The van der Waals surface area contributed by atoms with Crippen LogP contribution in [0.15, 0.2) is 18.2 Å². The van der Waals surface area contributed by atoms with Gasteiger partial charge < -0.3 is 5.32 Å². The molecule has 0 aromatic heterocycles. The van der Waals surface area contributed by atoms with Gasteiger partial charge in [0.25, 0.3) is 0 Å². The first kappa shape index (κ1) is 12.6. The summed E-state index contributed by atoms with van der Waals surface area (Å²) in [6.07, 6.45) is 2.64. The van der Waals surface area contributed by atoms with Gasteiger partial charge in [-0.3, -0.25) is 0 Å². The number of piperidine rings is 1. The van der Waals surface area contributed by atoms with Gasteiger partial charge in [-0.15, -0.1) is 0 Å². The first-order valence-electron chi connectivity index (χ1n) is 6.80. The Bertz CT molecular complexity index is 381. The van der Waals surface area contributed by atoms with Crippen LogP contribution in [0.1, 0.15) is 56.2 Å². The van der Waals surface area contributed by atoms with E-state index in [0.717, 1.165) is 6.54 Å². The Labute approximate surface area is 106 Å². The SMILES string of the molecule is Cc1ccc(C(C)(C)C)cc1C1CCCNC1. The molecule has 94 valence electrons. The van der Waals surface area contributed by atoms with Gasteiger partial charge in [-0.05, 0) is 54.3 Å². The average Bonchev–Trinajstić information content (AvgIpc) is 2.29. The van der Waals surface area contributed by atoms with E-state index in [0.29, 0.717) is 5.92 Å². The third-order valence-electron chi connectivity index (χ3n) is 3.88. The standard InChI is InChI=1S/C16H25N/c1-12-7-8-14(16(2,3)4)10-15(12)13-6-5-9-17-11-13/h7-8,10,13,17H,5-6,9,11H2,1-4H3. The third kappa shape index (κ3) is 2.90. The number of nitrogens with one attached hydrogen (secondary N) is 1. The molecule has 0 spiro atoms. The summed E-state index contributed by atoms with van der Waals surface area (Å²) in [5.74, 6) is 0.714. The lowest BCUT2D eigenvalue weighted by molar-refractivity contribution is 0.459. The van der Waals surface area contributed by atoms with Gasteiger partial charge in [0.15, 0.2) is 0 Å². The summed E-state index contributed by atoms with van der Waals surface area (Å²) in [6.45, 7) is 11.5. The van der Waals surface area contributed by atoms with Gasteiger partial charge in [-0.25, -0.2) is 0 Å². The van der Waals surface area contributed by atoms with E-state index in [1.807, 2.05) is 0 Å². The molecule has 1 atom stereocenters. The van der Waals surface area contributed by atoms with Gasteiger partial charge in [-0.1, -0.05) is 39.0 Å². The summed E-state index contributed by atoms with van der Waals surface area (Å²) in [4.78, 5) is 0. The van der Waals surface area contributed by atoms with Crippen molar-refractivity contribution in [3.05, 3.63) is 34.9 Å². The van der Waals surface area contributed by atoms with Gasteiger partial charge in [0.1, 0.15) is 0 Å². The van der Waals surface area contributed by atoms with Crippen LogP contribution >= 0.6 is 0 Å². The number of aryl methyl sites for hydroxylation is 1. The van der Waals surface area contributed by atoms with Gasteiger partial charge in [0.2, 0.25) is 0 Å². The zero-order valence-corrected chi connectivity index (χ0v) is 11.6.